The van der Waals surface area contributed by atoms with Crippen LogP contribution in [-0.4, -0.2) is 39.7 Å². The van der Waals surface area contributed by atoms with Gasteiger partial charge in [0.25, 0.3) is 6.43 Å². The molecule has 2 N–H and O–H groups in total. The van der Waals surface area contributed by atoms with Gasteiger partial charge in [-0.15, -0.1) is 0 Å². The first-order chi connectivity index (χ1) is 9.36. The number of sulfonamides is 1. The van der Waals surface area contributed by atoms with Crippen molar-refractivity contribution in [2.45, 2.75) is 17.9 Å². The number of halogens is 3. The van der Waals surface area contributed by atoms with Crippen molar-refractivity contribution in [2.24, 2.45) is 0 Å². The van der Waals surface area contributed by atoms with Gasteiger partial charge in [-0.25, -0.2) is 26.3 Å². The minimum atomic E-state index is -3.91. The second kappa shape index (κ2) is 7.58. The summed E-state index contributed by atoms with van der Waals surface area (Å²) in [5.41, 5.74) is -0.151. The van der Waals surface area contributed by atoms with E-state index in [1.165, 1.54) is 0 Å². The number of nitrogens with one attached hydrogen (secondary N) is 1. The second-order valence-electron chi connectivity index (χ2n) is 3.78. The highest BCUT2D eigenvalue weighted by Crippen LogP contribution is 2.14. The van der Waals surface area contributed by atoms with Crippen LogP contribution in [-0.2, 0) is 21.4 Å². The Morgan fingerprint density at radius 3 is 2.65 bits per heavy atom. The summed E-state index contributed by atoms with van der Waals surface area (Å²) in [7, 11) is -3.91. The molecule has 0 saturated heterocycles. The molecule has 20 heavy (non-hydrogen) atoms. The number of aliphatic hydroxyl groups excluding tert-OH is 1. The first-order valence-corrected chi connectivity index (χ1v) is 7.10. The minimum Gasteiger partial charge on any atom is -0.392 e. The van der Waals surface area contributed by atoms with Gasteiger partial charge in [0.1, 0.15) is 12.4 Å². The Balaban J connectivity index is 2.60. The number of aliphatic hydroxyl groups is 1. The summed E-state index contributed by atoms with van der Waals surface area (Å²) in [6.45, 7) is -1.81. The van der Waals surface area contributed by atoms with Gasteiger partial charge in [0.2, 0.25) is 10.0 Å². The lowest BCUT2D eigenvalue weighted by molar-refractivity contribution is 0.0199. The van der Waals surface area contributed by atoms with E-state index in [2.05, 4.69) is 9.46 Å². The first kappa shape index (κ1) is 16.9. The molecule has 1 aromatic carbocycles. The molecule has 0 amide bonds. The molecule has 0 atom stereocenters. The van der Waals surface area contributed by atoms with Gasteiger partial charge in [-0.3, -0.25) is 0 Å². The highest BCUT2D eigenvalue weighted by Gasteiger charge is 2.15. The fourth-order valence-corrected chi connectivity index (χ4v) is 2.41. The summed E-state index contributed by atoms with van der Waals surface area (Å²) in [6.07, 6.45) is -2.61. The zero-order valence-corrected chi connectivity index (χ0v) is 11.2. The second-order valence-corrected chi connectivity index (χ2v) is 5.54. The molecule has 0 aliphatic carbocycles. The molecule has 5 nitrogen and oxygen atoms in total. The van der Waals surface area contributed by atoms with Crippen molar-refractivity contribution in [3.8, 4) is 0 Å². The normalized spacial score (nSPS) is 12.1. The Hall–Kier alpha value is -1.16. The van der Waals surface area contributed by atoms with Crippen molar-refractivity contribution in [3.05, 3.63) is 29.6 Å². The van der Waals surface area contributed by atoms with E-state index >= 15 is 0 Å². The van der Waals surface area contributed by atoms with Crippen molar-refractivity contribution < 1.29 is 31.4 Å². The van der Waals surface area contributed by atoms with Gasteiger partial charge in [0.15, 0.2) is 0 Å². The lowest BCUT2D eigenvalue weighted by atomic mass is 10.2. The van der Waals surface area contributed by atoms with Crippen molar-refractivity contribution in [2.75, 3.05) is 19.8 Å². The molecule has 0 spiro atoms. The summed E-state index contributed by atoms with van der Waals surface area (Å²) < 4.78 is 66.8. The quantitative estimate of drug-likeness (QED) is 0.699. The largest absolute Gasteiger partial charge is 0.392 e. The molecule has 0 aliphatic rings. The number of ether oxygens (including phenoxy) is 1. The Labute approximate surface area is 114 Å². The van der Waals surface area contributed by atoms with Gasteiger partial charge < -0.3 is 9.84 Å². The van der Waals surface area contributed by atoms with Crippen LogP contribution in [0.15, 0.2) is 23.1 Å². The third-order valence-corrected chi connectivity index (χ3v) is 3.74. The molecular weight excluding hydrogens is 299 g/mol. The average Bonchev–Trinajstić information content (AvgIpc) is 2.38. The van der Waals surface area contributed by atoms with E-state index < -0.39 is 35.5 Å². The minimum absolute atomic E-state index is 0.151. The maximum absolute atomic E-state index is 13.1. The molecular formula is C11H14F3NO4S. The Morgan fingerprint density at radius 1 is 1.35 bits per heavy atom. The lowest BCUT2D eigenvalue weighted by Crippen LogP contribution is -2.28. The molecule has 0 fully saturated rings. The van der Waals surface area contributed by atoms with Crippen molar-refractivity contribution >= 4 is 10.0 Å². The van der Waals surface area contributed by atoms with E-state index in [9.17, 15) is 21.6 Å². The molecule has 1 aromatic rings. The zero-order chi connectivity index (χ0) is 15.2. The highest BCUT2D eigenvalue weighted by molar-refractivity contribution is 7.89. The molecule has 0 aromatic heterocycles. The predicted molar refractivity (Wildman–Crippen MR) is 64.3 cm³/mol. The molecule has 0 bridgehead atoms. The topological polar surface area (TPSA) is 75.6 Å². The van der Waals surface area contributed by atoms with Crippen LogP contribution in [0.5, 0.6) is 0 Å². The molecule has 0 aliphatic heterocycles. The smallest absolute Gasteiger partial charge is 0.261 e. The van der Waals surface area contributed by atoms with Crippen molar-refractivity contribution in [1.82, 2.24) is 4.72 Å². The van der Waals surface area contributed by atoms with Crippen LogP contribution in [0.3, 0.4) is 0 Å². The van der Waals surface area contributed by atoms with E-state index in [0.29, 0.717) is 0 Å². The molecule has 9 heteroatoms. The third kappa shape index (κ3) is 5.08. The van der Waals surface area contributed by atoms with E-state index in [1.807, 2.05) is 0 Å². The van der Waals surface area contributed by atoms with Crippen LogP contribution in [0.25, 0.3) is 0 Å². The predicted octanol–water partition coefficient (Wildman–Crippen LogP) is 0.878. The van der Waals surface area contributed by atoms with Crippen LogP contribution in [0.1, 0.15) is 5.56 Å². The Bertz CT molecular complexity index is 536. The van der Waals surface area contributed by atoms with Crippen LogP contribution >= 0.6 is 0 Å². The van der Waals surface area contributed by atoms with Crippen LogP contribution in [0.4, 0.5) is 13.2 Å². The maximum atomic E-state index is 13.1. The number of rotatable bonds is 8. The Morgan fingerprint density at radius 2 is 2.05 bits per heavy atom. The number of alkyl halides is 2. The summed E-state index contributed by atoms with van der Waals surface area (Å²) in [5, 5.41) is 8.86. The van der Waals surface area contributed by atoms with Crippen LogP contribution in [0, 0.1) is 5.82 Å². The monoisotopic (exact) mass is 313 g/mol. The van der Waals surface area contributed by atoms with E-state index in [1.54, 1.807) is 0 Å². The van der Waals surface area contributed by atoms with Gasteiger partial charge in [0, 0.05) is 12.1 Å². The van der Waals surface area contributed by atoms with Crippen molar-refractivity contribution in [3.63, 3.8) is 0 Å². The van der Waals surface area contributed by atoms with Gasteiger partial charge in [-0.2, -0.15) is 0 Å². The summed E-state index contributed by atoms with van der Waals surface area (Å²) in [5.74, 6) is -0.716. The molecule has 1 rings (SSSR count). The van der Waals surface area contributed by atoms with Gasteiger partial charge in [-0.1, -0.05) is 0 Å². The summed E-state index contributed by atoms with van der Waals surface area (Å²) in [4.78, 5) is -0.225. The third-order valence-electron chi connectivity index (χ3n) is 2.28. The van der Waals surface area contributed by atoms with E-state index in [0.717, 1.165) is 18.2 Å². The lowest BCUT2D eigenvalue weighted by Gasteiger charge is -2.08. The molecule has 0 unspecified atom stereocenters. The molecule has 0 heterocycles. The fraction of sp³-hybridized carbons (Fsp3) is 0.455. The number of hydrogen-bond donors (Lipinski definition) is 2. The van der Waals surface area contributed by atoms with Gasteiger partial charge in [0.05, 0.1) is 18.1 Å². The van der Waals surface area contributed by atoms with E-state index in [4.69, 9.17) is 5.11 Å². The highest BCUT2D eigenvalue weighted by atomic mass is 32.2. The van der Waals surface area contributed by atoms with Crippen LogP contribution in [0.2, 0.25) is 0 Å². The molecule has 114 valence electrons. The van der Waals surface area contributed by atoms with Crippen LogP contribution < -0.4 is 4.72 Å². The Kier molecular flexibility index (Phi) is 6.40. The van der Waals surface area contributed by atoms with Crippen molar-refractivity contribution in [1.29, 1.82) is 0 Å². The average molecular weight is 313 g/mol. The molecule has 0 saturated carbocycles. The summed E-state index contributed by atoms with van der Waals surface area (Å²) >= 11 is 0. The standard InChI is InChI=1S/C11H14F3NO4S/c12-10-2-1-9(5-8(10)6-16)20(17,18)15-3-4-19-7-11(13)14/h1-2,5,11,15-16H,3-4,6-7H2. The SMILES string of the molecule is O=S(=O)(NCCOCC(F)F)c1ccc(F)c(CO)c1. The number of hydrogen-bond acceptors (Lipinski definition) is 4. The van der Waals surface area contributed by atoms with Gasteiger partial charge in [-0.05, 0) is 18.2 Å². The maximum Gasteiger partial charge on any atom is 0.261 e. The molecule has 0 radical (unpaired) electrons. The first-order valence-electron chi connectivity index (χ1n) is 5.61. The van der Waals surface area contributed by atoms with E-state index in [-0.39, 0.29) is 23.6 Å². The zero-order valence-electron chi connectivity index (χ0n) is 10.4. The number of benzene rings is 1. The van der Waals surface area contributed by atoms with Gasteiger partial charge >= 0.3 is 0 Å². The summed E-state index contributed by atoms with van der Waals surface area (Å²) in [6, 6.07) is 2.96. The fourth-order valence-electron chi connectivity index (χ4n) is 1.34.